The van der Waals surface area contributed by atoms with Crippen molar-refractivity contribution < 1.29 is 14.7 Å². The number of rotatable bonds is 2. The maximum absolute atomic E-state index is 11.5. The van der Waals surface area contributed by atoms with Gasteiger partial charge in [0.2, 0.25) is 5.91 Å². The number of carboxylic acid groups (broad SMARTS) is 1. The van der Waals surface area contributed by atoms with Gasteiger partial charge in [0, 0.05) is 10.7 Å². The molecule has 1 fully saturated rings. The van der Waals surface area contributed by atoms with Gasteiger partial charge in [-0.15, -0.1) is 23.5 Å². The lowest BCUT2D eigenvalue weighted by atomic mass is 10.1. The molecule has 0 spiro atoms. The minimum Gasteiger partial charge on any atom is -0.477 e. The summed E-state index contributed by atoms with van der Waals surface area (Å²) in [6.45, 7) is 0. The van der Waals surface area contributed by atoms with E-state index < -0.39 is 12.0 Å². The van der Waals surface area contributed by atoms with Crippen molar-refractivity contribution in [2.24, 2.45) is 5.73 Å². The summed E-state index contributed by atoms with van der Waals surface area (Å²) in [6, 6.07) is -0.548. The summed E-state index contributed by atoms with van der Waals surface area (Å²) in [5, 5.41) is 8.86. The Balaban J connectivity index is 2.38. The van der Waals surface area contributed by atoms with Crippen LogP contribution in [0.3, 0.4) is 0 Å². The molecule has 2 rings (SSSR count). The summed E-state index contributed by atoms with van der Waals surface area (Å²) >= 11 is 2.89. The van der Waals surface area contributed by atoms with Crippen molar-refractivity contribution in [2.75, 3.05) is 12.0 Å². The fraction of sp³-hybridized carbons (Fsp3) is 0.500. The Labute approximate surface area is 95.1 Å². The zero-order valence-electron chi connectivity index (χ0n) is 7.97. The van der Waals surface area contributed by atoms with Crippen LogP contribution in [0, 0.1) is 0 Å². The molecule has 2 aliphatic rings. The molecule has 2 heterocycles. The maximum atomic E-state index is 11.5. The molecule has 1 amide bonds. The number of carboxylic acids is 1. The maximum Gasteiger partial charge on any atom is 0.353 e. The number of thioether (sulfide) groups is 2. The van der Waals surface area contributed by atoms with Crippen LogP contribution in [0.5, 0.6) is 0 Å². The second-order valence-electron chi connectivity index (χ2n) is 3.22. The number of aliphatic carboxylic acids is 1. The summed E-state index contributed by atoms with van der Waals surface area (Å²) in [5.74, 6) is -0.730. The molecule has 1 saturated heterocycles. The van der Waals surface area contributed by atoms with Crippen molar-refractivity contribution in [3.05, 3.63) is 10.6 Å². The zero-order chi connectivity index (χ0) is 11.2. The van der Waals surface area contributed by atoms with Crippen LogP contribution in [0.4, 0.5) is 0 Å². The number of fused-ring (bicyclic) bond motifs is 1. The molecule has 2 atom stereocenters. The zero-order valence-corrected chi connectivity index (χ0v) is 9.60. The molecule has 0 aromatic heterocycles. The quantitative estimate of drug-likeness (QED) is 0.661. The van der Waals surface area contributed by atoms with Crippen molar-refractivity contribution in [3.63, 3.8) is 0 Å². The predicted molar refractivity (Wildman–Crippen MR) is 59.2 cm³/mol. The molecule has 15 heavy (non-hydrogen) atoms. The molecule has 0 aromatic carbocycles. The fourth-order valence-corrected chi connectivity index (χ4v) is 3.84. The largest absolute Gasteiger partial charge is 0.477 e. The molecule has 5 nitrogen and oxygen atoms in total. The molecule has 0 aromatic rings. The average molecular weight is 246 g/mol. The van der Waals surface area contributed by atoms with Crippen molar-refractivity contribution in [1.29, 1.82) is 0 Å². The molecule has 0 saturated carbocycles. The Bertz CT molecular complexity index is 369. The molecule has 3 N–H and O–H groups in total. The molecule has 82 valence electrons. The highest BCUT2D eigenvalue weighted by Gasteiger charge is 2.51. The molecular weight excluding hydrogens is 236 g/mol. The van der Waals surface area contributed by atoms with E-state index in [1.807, 2.05) is 6.26 Å². The number of amides is 1. The Morgan fingerprint density at radius 3 is 2.93 bits per heavy atom. The van der Waals surface area contributed by atoms with Crippen molar-refractivity contribution in [1.82, 2.24) is 4.90 Å². The highest BCUT2D eigenvalue weighted by Crippen LogP contribution is 2.41. The summed E-state index contributed by atoms with van der Waals surface area (Å²) in [5.41, 5.74) is 5.70. The van der Waals surface area contributed by atoms with Gasteiger partial charge >= 0.3 is 5.97 Å². The van der Waals surface area contributed by atoms with Crippen LogP contribution in [0.15, 0.2) is 10.6 Å². The Morgan fingerprint density at radius 2 is 2.40 bits per heavy atom. The second-order valence-corrected chi connectivity index (χ2v) is 5.22. The lowest BCUT2D eigenvalue weighted by molar-refractivity contribution is -0.147. The number of carbonyl (C=O) groups is 2. The first-order chi connectivity index (χ1) is 7.07. The van der Waals surface area contributed by atoms with Crippen LogP contribution < -0.4 is 5.73 Å². The van der Waals surface area contributed by atoms with Crippen LogP contribution in [0.2, 0.25) is 0 Å². The molecule has 0 aliphatic carbocycles. The number of carbonyl (C=O) groups excluding carboxylic acids is 1. The van der Waals surface area contributed by atoms with Crippen LogP contribution >= 0.6 is 23.5 Å². The molecule has 7 heteroatoms. The number of hydrogen-bond acceptors (Lipinski definition) is 5. The van der Waals surface area contributed by atoms with Crippen molar-refractivity contribution >= 4 is 35.4 Å². The lowest BCUT2D eigenvalue weighted by Gasteiger charge is -2.47. The highest BCUT2D eigenvalue weighted by molar-refractivity contribution is 8.05. The molecular formula is C8H10N2O3S2. The summed E-state index contributed by atoms with van der Waals surface area (Å²) in [7, 11) is 0. The van der Waals surface area contributed by atoms with Gasteiger partial charge in [0.25, 0.3) is 0 Å². The fourth-order valence-electron chi connectivity index (χ4n) is 1.64. The SMILES string of the molecule is CSC1=C(C(=O)O)N2C(=O)[C@@H](N)[C@H]2SC1. The first-order valence-electron chi connectivity index (χ1n) is 4.28. The van der Waals surface area contributed by atoms with Gasteiger partial charge < -0.3 is 10.8 Å². The number of β-lactam (4-membered cyclic amide) rings is 1. The lowest BCUT2D eigenvalue weighted by Crippen LogP contribution is -2.68. The van der Waals surface area contributed by atoms with E-state index in [9.17, 15) is 9.59 Å². The third-order valence-corrected chi connectivity index (χ3v) is 4.74. The topological polar surface area (TPSA) is 83.6 Å². The molecule has 0 radical (unpaired) electrons. The smallest absolute Gasteiger partial charge is 0.353 e. The van der Waals surface area contributed by atoms with E-state index in [4.69, 9.17) is 10.8 Å². The van der Waals surface area contributed by atoms with E-state index in [1.165, 1.54) is 28.4 Å². The Hall–Kier alpha value is -0.660. The van der Waals surface area contributed by atoms with Gasteiger partial charge in [0.1, 0.15) is 17.1 Å². The normalized spacial score (nSPS) is 30.0. The van der Waals surface area contributed by atoms with E-state index in [-0.39, 0.29) is 17.0 Å². The number of nitrogens with zero attached hydrogens (tertiary/aromatic N) is 1. The van der Waals surface area contributed by atoms with E-state index >= 15 is 0 Å². The van der Waals surface area contributed by atoms with Gasteiger partial charge in [-0.05, 0) is 6.26 Å². The van der Waals surface area contributed by atoms with E-state index in [0.717, 1.165) is 4.91 Å². The first kappa shape index (κ1) is 10.8. The van der Waals surface area contributed by atoms with Gasteiger partial charge in [0.15, 0.2) is 0 Å². The van der Waals surface area contributed by atoms with Crippen LogP contribution in [-0.2, 0) is 9.59 Å². The number of nitrogens with two attached hydrogens (primary N) is 1. The van der Waals surface area contributed by atoms with Crippen LogP contribution in [-0.4, -0.2) is 45.3 Å². The third-order valence-electron chi connectivity index (χ3n) is 2.42. The first-order valence-corrected chi connectivity index (χ1v) is 6.56. The van der Waals surface area contributed by atoms with Crippen LogP contribution in [0.25, 0.3) is 0 Å². The average Bonchev–Trinajstić information content (AvgIpc) is 2.25. The van der Waals surface area contributed by atoms with Gasteiger partial charge in [-0.1, -0.05) is 0 Å². The van der Waals surface area contributed by atoms with Gasteiger partial charge in [0.05, 0.1) is 0 Å². The predicted octanol–water partition coefficient (Wildman–Crippen LogP) is -0.112. The van der Waals surface area contributed by atoms with E-state index in [0.29, 0.717) is 5.75 Å². The Kier molecular flexibility index (Phi) is 2.70. The highest BCUT2D eigenvalue weighted by atomic mass is 32.2. The van der Waals surface area contributed by atoms with Gasteiger partial charge in [-0.25, -0.2) is 4.79 Å². The summed E-state index contributed by atoms with van der Waals surface area (Å²) in [4.78, 5) is 24.5. The number of hydrogen-bond donors (Lipinski definition) is 2. The van der Waals surface area contributed by atoms with Gasteiger partial charge in [-0.2, -0.15) is 0 Å². The minimum atomic E-state index is -1.05. The summed E-state index contributed by atoms with van der Waals surface area (Å²) < 4.78 is 0. The van der Waals surface area contributed by atoms with E-state index in [1.54, 1.807) is 0 Å². The Morgan fingerprint density at radius 1 is 1.73 bits per heavy atom. The molecule has 2 aliphatic heterocycles. The third kappa shape index (κ3) is 1.45. The standard InChI is InChI=1S/C8H10N2O3S2/c1-14-3-2-15-7-4(9)6(11)10(7)5(3)8(12)13/h4,7H,2,9H2,1H3,(H,12,13)/t4-,7-/m1/s1. The molecule has 0 unspecified atom stereocenters. The monoisotopic (exact) mass is 246 g/mol. The van der Waals surface area contributed by atoms with Gasteiger partial charge in [-0.3, -0.25) is 9.69 Å². The second kappa shape index (κ2) is 3.73. The summed E-state index contributed by atoms with van der Waals surface area (Å²) in [6.07, 6.45) is 1.81. The van der Waals surface area contributed by atoms with Crippen molar-refractivity contribution in [2.45, 2.75) is 11.4 Å². The van der Waals surface area contributed by atoms with E-state index in [2.05, 4.69) is 0 Å². The molecule has 0 bridgehead atoms. The van der Waals surface area contributed by atoms with Crippen molar-refractivity contribution in [3.8, 4) is 0 Å². The minimum absolute atomic E-state index is 0.109. The van der Waals surface area contributed by atoms with Crippen LogP contribution in [0.1, 0.15) is 0 Å².